The average Bonchev–Trinajstić information content (AvgIpc) is 2.67. The molecule has 0 aliphatic heterocycles. The van der Waals surface area contributed by atoms with Crippen LogP contribution in [0.25, 0.3) is 0 Å². The van der Waals surface area contributed by atoms with E-state index in [0.29, 0.717) is 18.0 Å². The zero-order valence-corrected chi connectivity index (χ0v) is 16.8. The van der Waals surface area contributed by atoms with Crippen molar-refractivity contribution in [2.45, 2.75) is 57.7 Å². The van der Waals surface area contributed by atoms with Crippen molar-refractivity contribution in [3.05, 3.63) is 23.8 Å². The third kappa shape index (κ3) is 5.85. The Morgan fingerprint density at radius 1 is 1.19 bits per heavy atom. The molecule has 1 unspecified atom stereocenters. The van der Waals surface area contributed by atoms with E-state index in [1.54, 1.807) is 14.2 Å². The number of para-hydroxylation sites is 1. The smallest absolute Gasteiger partial charge is 0.321 e. The van der Waals surface area contributed by atoms with E-state index in [4.69, 9.17) is 9.47 Å². The minimum atomic E-state index is -0.398. The molecule has 1 aliphatic rings. The minimum absolute atomic E-state index is 0.174. The second-order valence-corrected chi connectivity index (χ2v) is 7.20. The van der Waals surface area contributed by atoms with E-state index < -0.39 is 12.1 Å². The number of rotatable bonds is 7. The van der Waals surface area contributed by atoms with Crippen molar-refractivity contribution in [1.82, 2.24) is 10.6 Å². The lowest BCUT2D eigenvalue weighted by Gasteiger charge is -2.24. The number of carbonyl (C=O) groups excluding carboxylic acids is 2. The number of hydrogen-bond donors (Lipinski definition) is 3. The summed E-state index contributed by atoms with van der Waals surface area (Å²) in [6.45, 7) is 2.38. The molecule has 150 valence electrons. The number of urea groups is 1. The molecular weight excluding hydrogens is 346 g/mol. The highest BCUT2D eigenvalue weighted by Crippen LogP contribution is 2.30. The normalized spacial score (nSPS) is 16.9. The fraction of sp³-hybridized carbons (Fsp3) is 0.600. The molecule has 0 heterocycles. The van der Waals surface area contributed by atoms with Gasteiger partial charge >= 0.3 is 6.03 Å². The van der Waals surface area contributed by atoms with Gasteiger partial charge in [-0.3, -0.25) is 10.1 Å². The van der Waals surface area contributed by atoms with Crippen LogP contribution in [0.3, 0.4) is 0 Å². The highest BCUT2D eigenvalue weighted by molar-refractivity contribution is 5.96. The summed E-state index contributed by atoms with van der Waals surface area (Å²) in [5, 5.41) is 5.39. The van der Waals surface area contributed by atoms with E-state index in [1.165, 1.54) is 6.42 Å². The standard InChI is InChI=1S/C20H31N3O4/c1-14(19(24)22-20(25)21-16-10-6-5-7-11-16)23(2)13-15-9-8-12-17(26-3)18(15)27-4/h8-9,12,14,16H,5-7,10-11,13H2,1-4H3,(H2,21,22,24,25)/p+1/t14-/m1/s1. The van der Waals surface area contributed by atoms with Crippen LogP contribution in [0.1, 0.15) is 44.6 Å². The van der Waals surface area contributed by atoms with Gasteiger partial charge in [0, 0.05) is 6.04 Å². The number of amides is 3. The van der Waals surface area contributed by atoms with Crippen LogP contribution in [0.4, 0.5) is 4.79 Å². The Bertz CT molecular complexity index is 644. The van der Waals surface area contributed by atoms with Gasteiger partial charge in [0.1, 0.15) is 6.54 Å². The van der Waals surface area contributed by atoms with Crippen molar-refractivity contribution >= 4 is 11.9 Å². The minimum Gasteiger partial charge on any atom is -0.493 e. The third-order valence-electron chi connectivity index (χ3n) is 5.26. The molecular formula is C20H32N3O4+. The topological polar surface area (TPSA) is 81.1 Å². The van der Waals surface area contributed by atoms with Gasteiger partial charge in [-0.25, -0.2) is 4.79 Å². The van der Waals surface area contributed by atoms with E-state index in [0.717, 1.165) is 36.1 Å². The molecule has 1 saturated carbocycles. The zero-order chi connectivity index (χ0) is 19.8. The number of carbonyl (C=O) groups is 2. The molecule has 0 aromatic heterocycles. The summed E-state index contributed by atoms with van der Waals surface area (Å²) in [5.74, 6) is 1.04. The predicted molar refractivity (Wildman–Crippen MR) is 103 cm³/mol. The molecule has 1 fully saturated rings. The molecule has 0 radical (unpaired) electrons. The Morgan fingerprint density at radius 2 is 1.89 bits per heavy atom. The van der Waals surface area contributed by atoms with Crippen LogP contribution in [0.2, 0.25) is 0 Å². The fourth-order valence-corrected chi connectivity index (χ4v) is 3.46. The Morgan fingerprint density at radius 3 is 2.52 bits per heavy atom. The second kappa shape index (κ2) is 10.2. The number of benzene rings is 1. The van der Waals surface area contributed by atoms with Gasteiger partial charge in [0.25, 0.3) is 5.91 Å². The molecule has 1 aromatic carbocycles. The number of methoxy groups -OCH3 is 2. The summed E-state index contributed by atoms with van der Waals surface area (Å²) < 4.78 is 10.8. The molecule has 0 saturated heterocycles. The molecule has 1 aliphatic carbocycles. The zero-order valence-electron chi connectivity index (χ0n) is 16.8. The Hall–Kier alpha value is -2.28. The monoisotopic (exact) mass is 378 g/mol. The number of imide groups is 1. The summed E-state index contributed by atoms with van der Waals surface area (Å²) in [7, 11) is 5.11. The number of quaternary nitrogens is 1. The summed E-state index contributed by atoms with van der Waals surface area (Å²) in [5.41, 5.74) is 0.945. The first-order valence-corrected chi connectivity index (χ1v) is 9.59. The quantitative estimate of drug-likeness (QED) is 0.667. The maximum absolute atomic E-state index is 12.5. The predicted octanol–water partition coefficient (Wildman–Crippen LogP) is 1.27. The van der Waals surface area contributed by atoms with Crippen LogP contribution < -0.4 is 25.0 Å². The lowest BCUT2D eigenvalue weighted by atomic mass is 9.96. The Labute approximate surface area is 161 Å². The van der Waals surface area contributed by atoms with Crippen LogP contribution in [-0.4, -0.2) is 45.3 Å². The summed E-state index contributed by atoms with van der Waals surface area (Å²) >= 11 is 0. The van der Waals surface area contributed by atoms with Crippen LogP contribution in [0, 0.1) is 0 Å². The Balaban J connectivity index is 1.91. The SMILES string of the molecule is COc1cccc(C[NH+](C)[C@H](C)C(=O)NC(=O)NC2CCCCC2)c1OC. The molecule has 27 heavy (non-hydrogen) atoms. The summed E-state index contributed by atoms with van der Waals surface area (Å²) in [6.07, 6.45) is 5.45. The summed E-state index contributed by atoms with van der Waals surface area (Å²) in [6, 6.07) is 5.07. The van der Waals surface area contributed by atoms with Crippen molar-refractivity contribution in [3.8, 4) is 11.5 Å². The number of hydrogen-bond acceptors (Lipinski definition) is 4. The lowest BCUT2D eigenvalue weighted by Crippen LogP contribution is -3.12. The first-order valence-electron chi connectivity index (χ1n) is 9.59. The van der Waals surface area contributed by atoms with Gasteiger partial charge in [0.15, 0.2) is 17.5 Å². The van der Waals surface area contributed by atoms with Gasteiger partial charge in [-0.05, 0) is 31.9 Å². The van der Waals surface area contributed by atoms with E-state index in [-0.39, 0.29) is 11.9 Å². The van der Waals surface area contributed by atoms with Gasteiger partial charge < -0.3 is 19.7 Å². The number of likely N-dealkylation sites (N-methyl/N-ethyl adjacent to an activating group) is 1. The van der Waals surface area contributed by atoms with E-state index in [9.17, 15) is 9.59 Å². The first-order chi connectivity index (χ1) is 13.0. The molecule has 3 amide bonds. The van der Waals surface area contributed by atoms with Crippen LogP contribution in [0.15, 0.2) is 18.2 Å². The van der Waals surface area contributed by atoms with Gasteiger partial charge in [-0.15, -0.1) is 0 Å². The molecule has 3 N–H and O–H groups in total. The van der Waals surface area contributed by atoms with E-state index >= 15 is 0 Å². The number of ether oxygens (including phenoxy) is 2. The maximum atomic E-state index is 12.5. The van der Waals surface area contributed by atoms with Gasteiger partial charge in [-0.1, -0.05) is 25.3 Å². The second-order valence-electron chi connectivity index (χ2n) is 7.20. The third-order valence-corrected chi connectivity index (χ3v) is 5.26. The van der Waals surface area contributed by atoms with E-state index in [2.05, 4.69) is 10.6 Å². The molecule has 2 rings (SSSR count). The highest BCUT2D eigenvalue weighted by Gasteiger charge is 2.26. The van der Waals surface area contributed by atoms with Crippen molar-refractivity contribution in [1.29, 1.82) is 0 Å². The van der Waals surface area contributed by atoms with E-state index in [1.807, 2.05) is 32.2 Å². The lowest BCUT2D eigenvalue weighted by molar-refractivity contribution is -0.908. The molecule has 2 atom stereocenters. The molecule has 7 nitrogen and oxygen atoms in total. The first kappa shape index (κ1) is 21.0. The van der Waals surface area contributed by atoms with Crippen LogP contribution >= 0.6 is 0 Å². The molecule has 1 aromatic rings. The van der Waals surface area contributed by atoms with Crippen molar-refractivity contribution in [2.24, 2.45) is 0 Å². The van der Waals surface area contributed by atoms with Crippen molar-refractivity contribution in [3.63, 3.8) is 0 Å². The Kier molecular flexibility index (Phi) is 7.91. The fourth-order valence-electron chi connectivity index (χ4n) is 3.46. The van der Waals surface area contributed by atoms with Crippen LogP contribution in [0.5, 0.6) is 11.5 Å². The van der Waals surface area contributed by atoms with Gasteiger partial charge in [0.2, 0.25) is 0 Å². The average molecular weight is 378 g/mol. The molecule has 0 bridgehead atoms. The maximum Gasteiger partial charge on any atom is 0.321 e. The van der Waals surface area contributed by atoms with Crippen LogP contribution in [-0.2, 0) is 11.3 Å². The summed E-state index contributed by atoms with van der Waals surface area (Å²) in [4.78, 5) is 25.5. The van der Waals surface area contributed by atoms with Gasteiger partial charge in [-0.2, -0.15) is 0 Å². The number of nitrogens with one attached hydrogen (secondary N) is 3. The molecule has 0 spiro atoms. The molecule has 7 heteroatoms. The van der Waals surface area contributed by atoms with Gasteiger partial charge in [0.05, 0.1) is 26.8 Å². The van der Waals surface area contributed by atoms with Crippen molar-refractivity contribution < 1.29 is 24.0 Å². The van der Waals surface area contributed by atoms with Crippen molar-refractivity contribution in [2.75, 3.05) is 21.3 Å². The highest BCUT2D eigenvalue weighted by atomic mass is 16.5. The largest absolute Gasteiger partial charge is 0.493 e.